The lowest BCUT2D eigenvalue weighted by Gasteiger charge is -2.16. The highest BCUT2D eigenvalue weighted by atomic mass is 79.9. The SMILES string of the molecule is Fc1ccc(CNC2CCN(c3nc(Br)cs3)C2)c(Cl)c1. The van der Waals surface area contributed by atoms with Crippen molar-refractivity contribution in [2.24, 2.45) is 0 Å². The quantitative estimate of drug-likeness (QED) is 0.853. The van der Waals surface area contributed by atoms with E-state index in [1.165, 1.54) is 12.1 Å². The Morgan fingerprint density at radius 3 is 3.10 bits per heavy atom. The zero-order chi connectivity index (χ0) is 14.8. The fourth-order valence-electron chi connectivity index (χ4n) is 2.41. The second-order valence-electron chi connectivity index (χ2n) is 5.00. The number of rotatable bonds is 4. The van der Waals surface area contributed by atoms with Gasteiger partial charge in [0.2, 0.25) is 0 Å². The first kappa shape index (κ1) is 15.2. The first-order valence-corrected chi connectivity index (χ1v) is 8.70. The summed E-state index contributed by atoms with van der Waals surface area (Å²) in [5.74, 6) is -0.301. The van der Waals surface area contributed by atoms with Crippen LogP contribution < -0.4 is 10.2 Å². The molecule has 0 spiro atoms. The van der Waals surface area contributed by atoms with E-state index >= 15 is 0 Å². The molecular formula is C14H14BrClFN3S. The fourth-order valence-corrected chi connectivity index (χ4v) is 3.93. The Balaban J connectivity index is 1.55. The van der Waals surface area contributed by atoms with E-state index in [9.17, 15) is 4.39 Å². The van der Waals surface area contributed by atoms with Gasteiger partial charge in [-0.3, -0.25) is 0 Å². The number of anilines is 1. The molecule has 1 aliphatic rings. The van der Waals surface area contributed by atoms with Crippen LogP contribution in [0.2, 0.25) is 5.02 Å². The predicted molar refractivity (Wildman–Crippen MR) is 88.7 cm³/mol. The van der Waals surface area contributed by atoms with E-state index in [1.54, 1.807) is 17.4 Å². The number of hydrogen-bond donors (Lipinski definition) is 1. The first-order valence-electron chi connectivity index (χ1n) is 6.65. The van der Waals surface area contributed by atoms with Crippen LogP contribution in [0.3, 0.4) is 0 Å². The van der Waals surface area contributed by atoms with Gasteiger partial charge in [-0.25, -0.2) is 9.37 Å². The topological polar surface area (TPSA) is 28.2 Å². The molecule has 1 aromatic carbocycles. The molecule has 2 heterocycles. The highest BCUT2D eigenvalue weighted by molar-refractivity contribution is 9.10. The molecule has 0 amide bonds. The summed E-state index contributed by atoms with van der Waals surface area (Å²) in [6, 6.07) is 4.92. The van der Waals surface area contributed by atoms with Crippen molar-refractivity contribution in [3.05, 3.63) is 44.6 Å². The molecule has 1 N–H and O–H groups in total. The second-order valence-corrected chi connectivity index (χ2v) is 7.06. The minimum absolute atomic E-state index is 0.301. The lowest BCUT2D eigenvalue weighted by atomic mass is 10.2. The number of aromatic nitrogens is 1. The Morgan fingerprint density at radius 2 is 2.38 bits per heavy atom. The maximum atomic E-state index is 13.0. The monoisotopic (exact) mass is 389 g/mol. The normalized spacial score (nSPS) is 18.4. The van der Waals surface area contributed by atoms with E-state index in [-0.39, 0.29) is 5.82 Å². The fraction of sp³-hybridized carbons (Fsp3) is 0.357. The van der Waals surface area contributed by atoms with Crippen molar-refractivity contribution in [3.8, 4) is 0 Å². The molecule has 0 bridgehead atoms. The molecule has 0 radical (unpaired) electrons. The Bertz CT molecular complexity index is 636. The summed E-state index contributed by atoms with van der Waals surface area (Å²) in [5, 5.41) is 7.00. The van der Waals surface area contributed by atoms with Crippen LogP contribution in [-0.4, -0.2) is 24.1 Å². The van der Waals surface area contributed by atoms with Crippen LogP contribution in [0, 0.1) is 5.82 Å². The van der Waals surface area contributed by atoms with E-state index in [0.717, 1.165) is 34.8 Å². The van der Waals surface area contributed by atoms with Gasteiger partial charge in [-0.2, -0.15) is 0 Å². The van der Waals surface area contributed by atoms with Gasteiger partial charge in [0.25, 0.3) is 0 Å². The molecule has 3 rings (SSSR count). The third kappa shape index (κ3) is 3.74. The third-order valence-corrected chi connectivity index (χ3v) is 5.48. The Labute approximate surface area is 140 Å². The van der Waals surface area contributed by atoms with Gasteiger partial charge in [0.05, 0.1) is 0 Å². The number of benzene rings is 1. The molecule has 1 saturated heterocycles. The molecule has 1 unspecified atom stereocenters. The zero-order valence-electron chi connectivity index (χ0n) is 11.2. The molecule has 0 saturated carbocycles. The molecule has 3 nitrogen and oxygen atoms in total. The molecule has 21 heavy (non-hydrogen) atoms. The molecule has 112 valence electrons. The Morgan fingerprint density at radius 1 is 1.52 bits per heavy atom. The van der Waals surface area contributed by atoms with Crippen LogP contribution in [0.15, 0.2) is 28.2 Å². The summed E-state index contributed by atoms with van der Waals surface area (Å²) in [5.41, 5.74) is 0.925. The minimum atomic E-state index is -0.301. The van der Waals surface area contributed by atoms with Crippen molar-refractivity contribution in [2.75, 3.05) is 18.0 Å². The maximum Gasteiger partial charge on any atom is 0.186 e. The average molecular weight is 391 g/mol. The van der Waals surface area contributed by atoms with Gasteiger partial charge in [0.1, 0.15) is 10.4 Å². The van der Waals surface area contributed by atoms with E-state index in [0.29, 0.717) is 17.6 Å². The summed E-state index contributed by atoms with van der Waals surface area (Å²) in [4.78, 5) is 6.72. The molecular weight excluding hydrogens is 377 g/mol. The molecule has 2 aromatic rings. The van der Waals surface area contributed by atoms with Crippen molar-refractivity contribution in [2.45, 2.75) is 19.0 Å². The molecule has 1 aromatic heterocycles. The summed E-state index contributed by atoms with van der Waals surface area (Å²) in [7, 11) is 0. The zero-order valence-corrected chi connectivity index (χ0v) is 14.3. The van der Waals surface area contributed by atoms with Crippen molar-refractivity contribution in [1.82, 2.24) is 10.3 Å². The highest BCUT2D eigenvalue weighted by Gasteiger charge is 2.24. The van der Waals surface area contributed by atoms with Crippen LogP contribution >= 0.6 is 38.9 Å². The Hall–Kier alpha value is -0.690. The number of nitrogens with zero attached hydrogens (tertiary/aromatic N) is 2. The van der Waals surface area contributed by atoms with Crippen LogP contribution in [-0.2, 0) is 6.54 Å². The van der Waals surface area contributed by atoms with Gasteiger partial charge >= 0.3 is 0 Å². The third-order valence-electron chi connectivity index (χ3n) is 3.52. The molecule has 7 heteroatoms. The van der Waals surface area contributed by atoms with E-state index < -0.39 is 0 Å². The van der Waals surface area contributed by atoms with Gasteiger partial charge < -0.3 is 10.2 Å². The van der Waals surface area contributed by atoms with Gasteiger partial charge in [-0.05, 0) is 40.0 Å². The van der Waals surface area contributed by atoms with Crippen molar-refractivity contribution < 1.29 is 4.39 Å². The van der Waals surface area contributed by atoms with Crippen LogP contribution in [0.4, 0.5) is 9.52 Å². The van der Waals surface area contributed by atoms with Gasteiger partial charge in [0.15, 0.2) is 5.13 Å². The van der Waals surface area contributed by atoms with Crippen LogP contribution in [0.1, 0.15) is 12.0 Å². The van der Waals surface area contributed by atoms with Crippen LogP contribution in [0.5, 0.6) is 0 Å². The van der Waals surface area contributed by atoms with Crippen LogP contribution in [0.25, 0.3) is 0 Å². The largest absolute Gasteiger partial charge is 0.346 e. The van der Waals surface area contributed by atoms with E-state index in [4.69, 9.17) is 11.6 Å². The molecule has 1 atom stereocenters. The maximum absolute atomic E-state index is 13.0. The number of halogens is 3. The van der Waals surface area contributed by atoms with Crippen molar-refractivity contribution >= 4 is 44.0 Å². The number of thiazole rings is 1. The van der Waals surface area contributed by atoms with Crippen molar-refractivity contribution in [3.63, 3.8) is 0 Å². The predicted octanol–water partition coefficient (Wildman–Crippen LogP) is 4.07. The van der Waals surface area contributed by atoms with Crippen molar-refractivity contribution in [1.29, 1.82) is 0 Å². The second kappa shape index (κ2) is 6.60. The summed E-state index contributed by atoms with van der Waals surface area (Å²) in [6.07, 6.45) is 1.07. The number of nitrogens with one attached hydrogen (secondary N) is 1. The lowest BCUT2D eigenvalue weighted by Crippen LogP contribution is -2.32. The number of hydrogen-bond acceptors (Lipinski definition) is 4. The van der Waals surface area contributed by atoms with E-state index in [2.05, 4.69) is 31.1 Å². The van der Waals surface area contributed by atoms with Gasteiger partial charge in [0, 0.05) is 36.1 Å². The average Bonchev–Trinajstić information content (AvgIpc) is 3.06. The van der Waals surface area contributed by atoms with Gasteiger partial charge in [-0.15, -0.1) is 11.3 Å². The minimum Gasteiger partial charge on any atom is -0.346 e. The lowest BCUT2D eigenvalue weighted by molar-refractivity contribution is 0.550. The molecule has 1 aliphatic heterocycles. The smallest absolute Gasteiger partial charge is 0.186 e. The first-order chi connectivity index (χ1) is 10.1. The summed E-state index contributed by atoms with van der Waals surface area (Å²) in [6.45, 7) is 2.58. The standard InChI is InChI=1S/C14H14BrClFN3S/c15-13-8-21-14(19-13)20-4-3-11(7-20)18-6-9-1-2-10(17)5-12(9)16/h1-2,5,8,11,18H,3-4,6-7H2. The Kier molecular flexibility index (Phi) is 4.78. The summed E-state index contributed by atoms with van der Waals surface area (Å²) >= 11 is 11.1. The van der Waals surface area contributed by atoms with E-state index in [1.807, 2.05) is 5.38 Å². The summed E-state index contributed by atoms with van der Waals surface area (Å²) < 4.78 is 13.9. The molecule has 0 aliphatic carbocycles. The molecule has 1 fully saturated rings. The highest BCUT2D eigenvalue weighted by Crippen LogP contribution is 2.27. The van der Waals surface area contributed by atoms with Gasteiger partial charge in [-0.1, -0.05) is 17.7 Å².